The third-order valence-corrected chi connectivity index (χ3v) is 13.8. The van der Waals surface area contributed by atoms with Gasteiger partial charge in [-0.05, 0) is 210 Å². The minimum atomic E-state index is -1.12. The maximum absolute atomic E-state index is 12.6. The van der Waals surface area contributed by atoms with Crippen LogP contribution in [0.25, 0.3) is 11.0 Å². The fourth-order valence-electron chi connectivity index (χ4n) is 7.41. The van der Waals surface area contributed by atoms with E-state index in [4.69, 9.17) is 37.7 Å². The summed E-state index contributed by atoms with van der Waals surface area (Å²) in [6.45, 7) is 25.0. The number of halogens is 3. The smallest absolute Gasteiger partial charge is 0.496 e. The zero-order valence-corrected chi connectivity index (χ0v) is 55.9. The van der Waals surface area contributed by atoms with Gasteiger partial charge in [0.1, 0.15) is 23.0 Å². The molecule has 1 aliphatic heterocycles. The summed E-state index contributed by atoms with van der Waals surface area (Å²) >= 11 is 9.88. The second-order valence-electron chi connectivity index (χ2n) is 19.1. The van der Waals surface area contributed by atoms with Gasteiger partial charge < -0.3 is 42.5 Å². The number of hydrogen-bond acceptors (Lipinski definition) is 19. The molecule has 467 valence electrons. The molecule has 1 aliphatic rings. The molecule has 87 heavy (non-hydrogen) atoms. The number of aromatic nitrogens is 4. The van der Waals surface area contributed by atoms with E-state index in [0.717, 1.165) is 30.9 Å². The Labute approximate surface area is 534 Å². The largest absolute Gasteiger partial charge is 0.500 e. The Kier molecular flexibility index (Phi) is 33.1. The molecule has 0 amide bonds. The van der Waals surface area contributed by atoms with E-state index in [0.29, 0.717) is 36.3 Å². The number of hydrogen-bond donors (Lipinski definition) is 0. The summed E-state index contributed by atoms with van der Waals surface area (Å²) in [5.74, 6) is -4.60. The van der Waals surface area contributed by atoms with Crippen LogP contribution in [-0.4, -0.2) is 133 Å². The molecule has 3 radical (unpaired) electrons. The first kappa shape index (κ1) is 76.3. The Morgan fingerprint density at radius 3 is 1.47 bits per heavy atom. The number of ketones is 1. The van der Waals surface area contributed by atoms with Gasteiger partial charge in [0.05, 0.1) is 56.9 Å². The first-order chi connectivity index (χ1) is 40.7. The Balaban J connectivity index is 0.000000386. The molecule has 7 heterocycles. The Bertz CT molecular complexity index is 3340. The van der Waals surface area contributed by atoms with Crippen molar-refractivity contribution in [2.24, 2.45) is 5.92 Å². The normalized spacial score (nSPS) is 13.0. The van der Waals surface area contributed by atoms with Crippen LogP contribution in [0.5, 0.6) is 0 Å². The first-order valence-electron chi connectivity index (χ1n) is 27.5. The number of pyridine rings is 6. The summed E-state index contributed by atoms with van der Waals surface area (Å²) in [5, 5.41) is 0. The number of fused-ring (bicyclic) bond motifs is 2. The lowest BCUT2D eigenvalue weighted by molar-refractivity contribution is -0.169. The van der Waals surface area contributed by atoms with E-state index in [9.17, 15) is 38.4 Å². The zero-order chi connectivity index (χ0) is 64.3. The lowest BCUT2D eigenvalue weighted by Gasteiger charge is -2.32. The third kappa shape index (κ3) is 23.3. The van der Waals surface area contributed by atoms with Gasteiger partial charge in [-0.3, -0.25) is 42.7 Å². The molecule has 1 fully saturated rings. The van der Waals surface area contributed by atoms with Crippen LogP contribution in [0.4, 0.5) is 0 Å². The molecular formula is C61H74B2Br3N4O17. The highest BCUT2D eigenvalue weighted by atomic mass is 79.9. The molecular weight excluding hydrogens is 1320 g/mol. The van der Waals surface area contributed by atoms with E-state index in [1.165, 1.54) is 27.9 Å². The molecule has 0 aromatic carbocycles. The van der Waals surface area contributed by atoms with E-state index in [1.54, 1.807) is 97.5 Å². The molecule has 6 aromatic heterocycles. The molecule has 26 heteroatoms. The quantitative estimate of drug-likeness (QED) is 0.0139. The van der Waals surface area contributed by atoms with E-state index in [-0.39, 0.29) is 69.5 Å². The van der Waals surface area contributed by atoms with E-state index in [1.807, 2.05) is 71.0 Å². The van der Waals surface area contributed by atoms with Crippen molar-refractivity contribution in [1.29, 1.82) is 0 Å². The van der Waals surface area contributed by atoms with Crippen molar-refractivity contribution >= 4 is 115 Å². The monoisotopic (exact) mass is 1390 g/mol. The fraction of sp³-hybridized carbons (Fsp3) is 0.410. The highest BCUT2D eigenvalue weighted by Crippen LogP contribution is 2.36. The third-order valence-electron chi connectivity index (χ3n) is 12.4. The molecule has 6 aromatic rings. The lowest BCUT2D eigenvalue weighted by Crippen LogP contribution is -2.41. The molecule has 1 unspecified atom stereocenters. The van der Waals surface area contributed by atoms with Crippen LogP contribution >= 0.6 is 47.8 Å². The summed E-state index contributed by atoms with van der Waals surface area (Å²) < 4.78 is 52.4. The number of carbonyl (C=O) groups excluding carboxylic acids is 6. The molecule has 7 rings (SSSR count). The van der Waals surface area contributed by atoms with Gasteiger partial charge in [0.25, 0.3) is 11.1 Å². The summed E-state index contributed by atoms with van der Waals surface area (Å²) in [7, 11) is -0.576. The molecule has 0 spiro atoms. The molecule has 21 nitrogen and oxygen atoms in total. The van der Waals surface area contributed by atoms with Gasteiger partial charge in [-0.1, -0.05) is 6.07 Å². The van der Waals surface area contributed by atoms with Crippen LogP contribution in [0, 0.1) is 12.8 Å². The summed E-state index contributed by atoms with van der Waals surface area (Å²) in [5.41, 5.74) is 2.15. The van der Waals surface area contributed by atoms with Crippen molar-refractivity contribution in [2.75, 3.05) is 46.2 Å². The number of ether oxygens (including phenoxy) is 7. The first-order valence-corrected chi connectivity index (χ1v) is 29.9. The fourth-order valence-corrected chi connectivity index (χ4v) is 8.22. The van der Waals surface area contributed by atoms with E-state index in [2.05, 4.69) is 62.5 Å². The Morgan fingerprint density at radius 1 is 0.586 bits per heavy atom. The molecule has 0 N–H and O–H groups in total. The van der Waals surface area contributed by atoms with Crippen molar-refractivity contribution in [3.63, 3.8) is 0 Å². The van der Waals surface area contributed by atoms with Gasteiger partial charge in [0.2, 0.25) is 0 Å². The van der Waals surface area contributed by atoms with Gasteiger partial charge in [-0.15, -0.1) is 0 Å². The van der Waals surface area contributed by atoms with E-state index < -0.39 is 65.7 Å². The van der Waals surface area contributed by atoms with Crippen molar-refractivity contribution in [3.8, 4) is 0 Å². The number of Topliss-reactive ketones (excluding diaryl/α,β-unsaturated/α-hetero) is 1. The Hall–Kier alpha value is -6.83. The second-order valence-corrected chi connectivity index (χ2v) is 21.8. The van der Waals surface area contributed by atoms with Crippen LogP contribution in [0.15, 0.2) is 132 Å². The van der Waals surface area contributed by atoms with E-state index >= 15 is 0 Å². The predicted molar refractivity (Wildman–Crippen MR) is 340 cm³/mol. The SMILES string of the molecule is CCO/C=C(/C(C)=O)C(=O)OCC.CCOC(=O)C(C(=O)OCC)C(Cc1ccc(Br)cn1)OCC.CCOC(=O)c1ccc2ccc(B3OC(C)(C)C(C)(C)O3)cn2c1=O.CCOC(=O)c1ccc2ccc(Br)cn2c1=O.Cc1ccc(Br)cn1.[B]. The van der Waals surface area contributed by atoms with Crippen LogP contribution in [0.1, 0.15) is 115 Å². The average Bonchev–Trinajstić information content (AvgIpc) is 2.10. The zero-order valence-electron chi connectivity index (χ0n) is 51.1. The minimum absolute atomic E-state index is 0. The summed E-state index contributed by atoms with van der Waals surface area (Å²) in [6.07, 6.45) is 7.48. The average molecular weight is 1400 g/mol. The van der Waals surface area contributed by atoms with Gasteiger partial charge >= 0.3 is 37.0 Å². The number of carbonyl (C=O) groups is 6. The number of nitrogens with zero attached hydrogens (tertiary/aromatic N) is 4. The van der Waals surface area contributed by atoms with Gasteiger partial charge in [0, 0.05) is 82.1 Å². The van der Waals surface area contributed by atoms with Crippen LogP contribution in [0.2, 0.25) is 0 Å². The standard InChI is InChI=1S/C18H22BNO5.C16H22BrNO5.C12H10BrNO3.C9H14O4.C6H6BrN.B/c1-6-23-16(22)14-10-9-13-8-7-12(11-20(13)15(14)21)19-24-17(2,3)18(4,5)25-19;1-4-21-13(9-12-8-7-11(17)10-18-12)14(15(19)22-5-2)16(20)23-6-3;1-2-17-12(16)10-6-5-9-4-3-8(13)7-14(9)11(10)15;1-4-12-6-8(7(3)10)9(11)13-5-2;1-5-2-3-6(7)4-8-5;/h7-11H,6H2,1-5H3;7-8,10,13-14H,4-6,9H2,1-3H3;3-7H,2H2,1H3;6H,4-5H2,1-3H3;2-4H,1H3;/b;;;8-6-;;. The second kappa shape index (κ2) is 37.8. The minimum Gasteiger partial charge on any atom is -0.500 e. The van der Waals surface area contributed by atoms with Gasteiger partial charge in [-0.25, -0.2) is 14.4 Å². The molecule has 1 atom stereocenters. The van der Waals surface area contributed by atoms with Crippen LogP contribution in [0.3, 0.4) is 0 Å². The predicted octanol–water partition coefficient (Wildman–Crippen LogP) is 9.38. The summed E-state index contributed by atoms with van der Waals surface area (Å²) in [6, 6.07) is 21.3. The van der Waals surface area contributed by atoms with Crippen LogP contribution < -0.4 is 16.6 Å². The maximum atomic E-state index is 12.6. The summed E-state index contributed by atoms with van der Waals surface area (Å²) in [4.78, 5) is 103. The maximum Gasteiger partial charge on any atom is 0.496 e. The van der Waals surface area contributed by atoms with Crippen molar-refractivity contribution < 1.29 is 71.2 Å². The number of aryl methyl sites for hydroxylation is 1. The topological polar surface area (TPSA) is 254 Å². The van der Waals surface area contributed by atoms with Crippen molar-refractivity contribution in [1.82, 2.24) is 18.8 Å². The Morgan fingerprint density at radius 2 is 1.05 bits per heavy atom. The molecule has 1 saturated heterocycles. The highest BCUT2D eigenvalue weighted by molar-refractivity contribution is 9.11. The van der Waals surface area contributed by atoms with Gasteiger partial charge in [0.15, 0.2) is 11.7 Å². The molecule has 0 aliphatic carbocycles. The number of rotatable bonds is 19. The van der Waals surface area contributed by atoms with Crippen LogP contribution in [-0.2, 0) is 68.1 Å². The molecule has 0 saturated carbocycles. The van der Waals surface area contributed by atoms with Gasteiger partial charge in [-0.2, -0.15) is 0 Å². The lowest BCUT2D eigenvalue weighted by atomic mass is 9.80. The van der Waals surface area contributed by atoms with Crippen molar-refractivity contribution in [3.05, 3.63) is 166 Å². The van der Waals surface area contributed by atoms with Crippen molar-refractivity contribution in [2.45, 2.75) is 114 Å². The highest BCUT2D eigenvalue weighted by Gasteiger charge is 2.52. The molecule has 0 bridgehead atoms. The number of esters is 5.